The molecule has 5 nitrogen and oxygen atoms in total. The molecule has 1 unspecified atom stereocenters. The molecule has 7 heteroatoms. The molecule has 16 heavy (non-hydrogen) atoms. The molecular weight excluding hydrogens is 239 g/mol. The van der Waals surface area contributed by atoms with Crippen molar-refractivity contribution in [2.24, 2.45) is 10.4 Å². The van der Waals surface area contributed by atoms with Gasteiger partial charge in [0.25, 0.3) is 0 Å². The van der Waals surface area contributed by atoms with Gasteiger partial charge in [0.05, 0.1) is 5.41 Å². The van der Waals surface area contributed by atoms with Crippen LogP contribution >= 0.6 is 11.8 Å². The summed E-state index contributed by atoms with van der Waals surface area (Å²) in [6, 6.07) is -0.851. The van der Waals surface area contributed by atoms with E-state index in [0.717, 1.165) is 5.75 Å². The number of thioether (sulfide) groups is 1. The zero-order valence-corrected chi connectivity index (χ0v) is 12.5. The number of aliphatic imine (C=N–C) groups is 1. The van der Waals surface area contributed by atoms with Gasteiger partial charge in [-0.2, -0.15) is 11.8 Å². The molecule has 1 N–H and O–H groups in total. The molecule has 0 saturated heterocycles. The molecule has 3 amide bonds. The number of nitrogens with one attached hydrogen (secondary N) is 1. The van der Waals surface area contributed by atoms with E-state index in [1.807, 2.05) is 6.92 Å². The third-order valence-electron chi connectivity index (χ3n) is 2.42. The molecule has 1 aliphatic heterocycles. The molecule has 0 bridgehead atoms. The molecule has 84 valence electrons. The van der Waals surface area contributed by atoms with Gasteiger partial charge >= 0.3 is 35.6 Å². The van der Waals surface area contributed by atoms with Crippen LogP contribution in [-0.4, -0.2) is 29.3 Å². The van der Waals surface area contributed by atoms with Crippen LogP contribution in [0.25, 0.3) is 0 Å². The Morgan fingerprint density at radius 1 is 1.44 bits per heavy atom. The number of hydrogen-bond acceptors (Lipinski definition) is 4. The summed E-state index contributed by atoms with van der Waals surface area (Å²) in [4.78, 5) is 25.8. The molecule has 0 aromatic carbocycles. The Labute approximate surface area is 121 Å². The van der Waals surface area contributed by atoms with Crippen molar-refractivity contribution >= 4 is 29.6 Å². The van der Waals surface area contributed by atoms with Crippen molar-refractivity contribution in [3.63, 3.8) is 0 Å². The molecule has 0 spiro atoms. The zero-order chi connectivity index (χ0) is 11.5. The molecule has 1 heterocycles. The first-order chi connectivity index (χ1) is 7.06. The zero-order valence-electron chi connectivity index (χ0n) is 9.70. The molecule has 0 saturated carbocycles. The predicted octanol–water partition coefficient (Wildman–Crippen LogP) is -2.85. The predicted molar refractivity (Wildman–Crippen MR) is 56.7 cm³/mol. The van der Waals surface area contributed by atoms with Crippen LogP contribution < -0.4 is 40.0 Å². The van der Waals surface area contributed by atoms with Crippen molar-refractivity contribution in [2.45, 2.75) is 20.3 Å². The molecule has 0 fully saturated rings. The number of imide groups is 1. The third-order valence-corrected chi connectivity index (χ3v) is 3.53. The first kappa shape index (κ1) is 16.0. The van der Waals surface area contributed by atoms with E-state index >= 15 is 0 Å². The summed E-state index contributed by atoms with van der Waals surface area (Å²) in [5, 5.41) is 13.7. The largest absolute Gasteiger partial charge is 1.00 e. The van der Waals surface area contributed by atoms with E-state index in [2.05, 4.69) is 10.3 Å². The van der Waals surface area contributed by atoms with E-state index < -0.39 is 23.3 Å². The van der Waals surface area contributed by atoms with Crippen LogP contribution in [0.15, 0.2) is 4.99 Å². The number of amides is 3. The summed E-state index contributed by atoms with van der Waals surface area (Å²) in [7, 11) is 0. The van der Waals surface area contributed by atoms with Crippen LogP contribution in [0.3, 0.4) is 0 Å². The fourth-order valence-electron chi connectivity index (χ4n) is 1.36. The van der Waals surface area contributed by atoms with Gasteiger partial charge in [-0.05, 0) is 18.1 Å². The Kier molecular flexibility index (Phi) is 6.62. The minimum absolute atomic E-state index is 0. The fraction of sp³-hybridized carbons (Fsp3) is 0.667. The first-order valence-corrected chi connectivity index (χ1v) is 5.91. The summed E-state index contributed by atoms with van der Waals surface area (Å²) < 4.78 is 0. The number of urea groups is 1. The van der Waals surface area contributed by atoms with Crippen LogP contribution in [0.1, 0.15) is 20.3 Å². The van der Waals surface area contributed by atoms with Crippen molar-refractivity contribution in [1.82, 2.24) is 5.32 Å². The van der Waals surface area contributed by atoms with E-state index in [0.29, 0.717) is 12.2 Å². The van der Waals surface area contributed by atoms with Crippen molar-refractivity contribution < 1.29 is 44.3 Å². The second-order valence-electron chi connectivity index (χ2n) is 3.25. The van der Waals surface area contributed by atoms with Crippen LogP contribution in [0.5, 0.6) is 0 Å². The quantitative estimate of drug-likeness (QED) is 0.546. The first-order valence-electron chi connectivity index (χ1n) is 4.76. The Bertz CT molecular complexity index is 322. The maximum Gasteiger partial charge on any atom is 1.00 e. The van der Waals surface area contributed by atoms with Gasteiger partial charge in [-0.1, -0.05) is 13.8 Å². The van der Waals surface area contributed by atoms with Gasteiger partial charge in [-0.25, -0.2) is 9.79 Å². The minimum atomic E-state index is -1.14. The molecule has 0 aromatic rings. The number of nitrogens with zero attached hydrogens (tertiary/aromatic N) is 1. The molecule has 0 aliphatic carbocycles. The van der Waals surface area contributed by atoms with Crippen molar-refractivity contribution in [2.75, 3.05) is 11.5 Å². The van der Waals surface area contributed by atoms with Gasteiger partial charge in [-0.15, -0.1) is 0 Å². The monoisotopic (exact) mass is 252 g/mol. The van der Waals surface area contributed by atoms with Crippen LogP contribution in [0.2, 0.25) is 0 Å². The van der Waals surface area contributed by atoms with Crippen LogP contribution in [-0.2, 0) is 4.79 Å². The molecule has 1 rings (SSSR count). The molecular formula is C9H13N2NaO3S. The number of hydrogen-bond donors (Lipinski definition) is 1. The van der Waals surface area contributed by atoms with E-state index in [1.165, 1.54) is 11.8 Å². The third kappa shape index (κ3) is 3.00. The number of carbonyl (C=O) groups is 2. The van der Waals surface area contributed by atoms with E-state index in [4.69, 9.17) is 0 Å². The van der Waals surface area contributed by atoms with E-state index in [9.17, 15) is 14.7 Å². The Balaban J connectivity index is 0.00000225. The summed E-state index contributed by atoms with van der Waals surface area (Å²) in [5.41, 5.74) is -1.14. The maximum atomic E-state index is 11.6. The van der Waals surface area contributed by atoms with Crippen LogP contribution in [0, 0.1) is 5.41 Å². The number of carbonyl (C=O) groups excluding carboxylic acids is 2. The van der Waals surface area contributed by atoms with E-state index in [1.54, 1.807) is 6.92 Å². The second kappa shape index (κ2) is 6.64. The minimum Gasteiger partial charge on any atom is -0.861 e. The standard InChI is InChI=1S/C9H14N2O3S.Na/c1-3-9(5-15-4-2)6(12)10-8(14)11-7(9)13;/h3-5H2,1-2H3,(H2,10,11,12,13,14);/q;+1/p-1. The number of rotatable bonds is 4. The Morgan fingerprint density at radius 2 is 2.06 bits per heavy atom. The van der Waals surface area contributed by atoms with Gasteiger partial charge in [0.1, 0.15) is 0 Å². The SMILES string of the molecule is CCSCC1(CC)C(=O)NC(=O)N=C1[O-].[Na+]. The van der Waals surface area contributed by atoms with Crippen molar-refractivity contribution in [3.8, 4) is 0 Å². The normalized spacial score (nSPS) is 24.5. The van der Waals surface area contributed by atoms with Gasteiger partial charge < -0.3 is 5.11 Å². The summed E-state index contributed by atoms with van der Waals surface area (Å²) in [6.07, 6.45) is 0.363. The van der Waals surface area contributed by atoms with Gasteiger partial charge in [0.15, 0.2) is 0 Å². The Morgan fingerprint density at radius 3 is 2.50 bits per heavy atom. The fourth-order valence-corrected chi connectivity index (χ4v) is 2.37. The smallest absolute Gasteiger partial charge is 0.861 e. The van der Waals surface area contributed by atoms with Crippen LogP contribution in [0.4, 0.5) is 4.79 Å². The average Bonchev–Trinajstić information content (AvgIpc) is 2.17. The summed E-state index contributed by atoms with van der Waals surface area (Å²) >= 11 is 1.49. The van der Waals surface area contributed by atoms with Crippen molar-refractivity contribution in [1.29, 1.82) is 0 Å². The summed E-state index contributed by atoms with van der Waals surface area (Å²) in [6.45, 7) is 3.69. The maximum absolute atomic E-state index is 11.6. The van der Waals surface area contributed by atoms with Gasteiger partial charge in [0, 0.05) is 5.75 Å². The molecule has 0 aromatic heterocycles. The van der Waals surface area contributed by atoms with Crippen molar-refractivity contribution in [3.05, 3.63) is 0 Å². The van der Waals surface area contributed by atoms with Gasteiger partial charge in [-0.3, -0.25) is 10.1 Å². The molecule has 1 aliphatic rings. The molecule has 0 radical (unpaired) electrons. The average molecular weight is 252 g/mol. The Hall–Kier alpha value is -0.0400. The van der Waals surface area contributed by atoms with Gasteiger partial charge in [0.2, 0.25) is 5.91 Å². The topological polar surface area (TPSA) is 81.6 Å². The van der Waals surface area contributed by atoms with E-state index in [-0.39, 0.29) is 29.6 Å². The second-order valence-corrected chi connectivity index (χ2v) is 4.52. The summed E-state index contributed by atoms with van der Waals surface area (Å²) in [5.74, 6) is 0.0631. The molecule has 1 atom stereocenters.